The van der Waals surface area contributed by atoms with Gasteiger partial charge in [-0.1, -0.05) is 0 Å². The van der Waals surface area contributed by atoms with E-state index in [1.165, 1.54) is 12.8 Å². The molecule has 15 heavy (non-hydrogen) atoms. The summed E-state index contributed by atoms with van der Waals surface area (Å²) >= 11 is 0.000772. The number of rotatable bonds is 4. The molecule has 0 fully saturated rings. The van der Waals surface area contributed by atoms with Gasteiger partial charge in [0.15, 0.2) is 0 Å². The SMILES string of the molecule is CC(=O)O.CC(=O)O.CC[CH2][Pb][CH2]CC. The Balaban J connectivity index is -0.000000155. The first kappa shape index (κ1) is 20.3. The zero-order chi connectivity index (χ0) is 12.7. The Morgan fingerprint density at radius 3 is 1.27 bits per heavy atom. The van der Waals surface area contributed by atoms with Crippen LogP contribution in [-0.2, 0) is 9.59 Å². The summed E-state index contributed by atoms with van der Waals surface area (Å²) in [7, 11) is 0. The summed E-state index contributed by atoms with van der Waals surface area (Å²) in [5.74, 6) is -1.67. The van der Waals surface area contributed by atoms with Gasteiger partial charge >= 0.3 is 58.9 Å². The van der Waals surface area contributed by atoms with Crippen LogP contribution in [0.2, 0.25) is 7.96 Å². The molecule has 0 aliphatic rings. The fourth-order valence-corrected chi connectivity index (χ4v) is 4.20. The molecule has 2 N–H and O–H groups in total. The van der Waals surface area contributed by atoms with Crippen LogP contribution in [0.5, 0.6) is 0 Å². The number of hydrogen-bond acceptors (Lipinski definition) is 2. The van der Waals surface area contributed by atoms with Gasteiger partial charge in [-0.25, -0.2) is 0 Å². The first-order valence-electron chi connectivity index (χ1n) is 4.98. The van der Waals surface area contributed by atoms with E-state index in [0.29, 0.717) is 0 Å². The van der Waals surface area contributed by atoms with Gasteiger partial charge in [-0.2, -0.15) is 0 Å². The van der Waals surface area contributed by atoms with Gasteiger partial charge in [-0.05, 0) is 0 Å². The maximum absolute atomic E-state index is 9.00. The van der Waals surface area contributed by atoms with Crippen LogP contribution in [0.4, 0.5) is 0 Å². The standard InChI is InChI=1S/2C3H7.2C2H4O2.Pb/c2*1-3-2;2*1-2(3)4;/h2*1,3H2,2H3;2*1H3,(H,3,4);. The molecule has 4 nitrogen and oxygen atoms in total. The van der Waals surface area contributed by atoms with Crippen LogP contribution in [0.1, 0.15) is 40.5 Å². The molecule has 0 amide bonds. The van der Waals surface area contributed by atoms with Crippen LogP contribution in [0.25, 0.3) is 0 Å². The molecule has 0 atom stereocenters. The van der Waals surface area contributed by atoms with Gasteiger partial charge in [0.25, 0.3) is 11.9 Å². The summed E-state index contributed by atoms with van der Waals surface area (Å²) in [5.41, 5.74) is 0. The van der Waals surface area contributed by atoms with Crippen LogP contribution >= 0.6 is 0 Å². The molecule has 0 spiro atoms. The molecule has 0 aliphatic heterocycles. The third-order valence-corrected chi connectivity index (χ3v) is 7.49. The van der Waals surface area contributed by atoms with Crippen molar-refractivity contribution < 1.29 is 19.8 Å². The Bertz CT molecular complexity index is 124. The number of aliphatic carboxylic acids is 2. The van der Waals surface area contributed by atoms with Crippen LogP contribution in [0, 0.1) is 0 Å². The van der Waals surface area contributed by atoms with E-state index in [9.17, 15) is 0 Å². The number of carboxylic acids is 2. The molecular formula is C10H22O4Pb. The quantitative estimate of drug-likeness (QED) is 0.549. The minimum absolute atomic E-state index is 0.000772. The third-order valence-electron chi connectivity index (χ3n) is 0.854. The summed E-state index contributed by atoms with van der Waals surface area (Å²) in [6.45, 7) is 6.76. The van der Waals surface area contributed by atoms with Crippen molar-refractivity contribution in [1.82, 2.24) is 0 Å². The van der Waals surface area contributed by atoms with Crippen molar-refractivity contribution in [1.29, 1.82) is 0 Å². The molecule has 0 bridgehead atoms. The average Bonchev–Trinajstić information content (AvgIpc) is 2.03. The van der Waals surface area contributed by atoms with E-state index in [2.05, 4.69) is 13.8 Å². The van der Waals surface area contributed by atoms with Crippen molar-refractivity contribution in [3.8, 4) is 0 Å². The molecule has 0 aliphatic carbocycles. The van der Waals surface area contributed by atoms with Gasteiger partial charge in [0, 0.05) is 13.8 Å². The monoisotopic (exact) mass is 414 g/mol. The Morgan fingerprint density at radius 2 is 1.13 bits per heavy atom. The van der Waals surface area contributed by atoms with Crippen molar-refractivity contribution in [2.24, 2.45) is 0 Å². The van der Waals surface area contributed by atoms with E-state index in [1.807, 2.05) is 0 Å². The van der Waals surface area contributed by atoms with Gasteiger partial charge in [-0.15, -0.1) is 0 Å². The van der Waals surface area contributed by atoms with E-state index in [-0.39, 0.29) is 24.2 Å². The molecule has 0 saturated carbocycles. The van der Waals surface area contributed by atoms with Crippen molar-refractivity contribution in [2.45, 2.75) is 48.5 Å². The molecule has 0 heterocycles. The molecule has 2 radical (unpaired) electrons. The Hall–Kier alpha value is -0.138. The topological polar surface area (TPSA) is 74.6 Å². The number of hydrogen-bond donors (Lipinski definition) is 2. The predicted molar refractivity (Wildman–Crippen MR) is 62.6 cm³/mol. The van der Waals surface area contributed by atoms with E-state index >= 15 is 0 Å². The molecule has 5 heteroatoms. The van der Waals surface area contributed by atoms with Crippen LogP contribution in [0.15, 0.2) is 0 Å². The van der Waals surface area contributed by atoms with Gasteiger partial charge in [-0.3, -0.25) is 9.59 Å². The van der Waals surface area contributed by atoms with Crippen molar-refractivity contribution in [3.63, 3.8) is 0 Å². The Kier molecular flexibility index (Phi) is 26.3. The molecule has 0 unspecified atom stereocenters. The summed E-state index contributed by atoms with van der Waals surface area (Å²) in [6, 6.07) is 0. The summed E-state index contributed by atoms with van der Waals surface area (Å²) in [4.78, 5) is 18.0. The minimum atomic E-state index is -0.833. The van der Waals surface area contributed by atoms with Gasteiger partial charge in [0.1, 0.15) is 0 Å². The fraction of sp³-hybridized carbons (Fsp3) is 0.800. The van der Waals surface area contributed by atoms with Gasteiger partial charge < -0.3 is 10.2 Å². The second-order valence-electron chi connectivity index (χ2n) is 2.79. The zero-order valence-corrected chi connectivity index (χ0v) is 13.9. The first-order valence-corrected chi connectivity index (χ1v) is 10.5. The second-order valence-corrected chi connectivity index (χ2v) is 8.62. The maximum atomic E-state index is 9.00. The Labute approximate surface area is 104 Å². The molecule has 0 aromatic carbocycles. The van der Waals surface area contributed by atoms with E-state index in [1.54, 1.807) is 7.96 Å². The van der Waals surface area contributed by atoms with Crippen molar-refractivity contribution in [2.75, 3.05) is 0 Å². The molecule has 0 rings (SSSR count). The number of carboxylic acid groups (broad SMARTS) is 2. The fourth-order valence-electron chi connectivity index (χ4n) is 0.479. The predicted octanol–water partition coefficient (Wildman–Crippen LogP) is 2.53. The van der Waals surface area contributed by atoms with Crippen LogP contribution < -0.4 is 0 Å². The average molecular weight is 413 g/mol. The van der Waals surface area contributed by atoms with Gasteiger partial charge in [0.2, 0.25) is 0 Å². The first-order chi connectivity index (χ1) is 6.88. The normalized spacial score (nSPS) is 7.73. The summed E-state index contributed by atoms with van der Waals surface area (Å²) < 4.78 is 3.24. The van der Waals surface area contributed by atoms with Gasteiger partial charge in [0.05, 0.1) is 0 Å². The molecular weight excluding hydrogens is 391 g/mol. The summed E-state index contributed by atoms with van der Waals surface area (Å²) in [5, 5.41) is 14.8. The third kappa shape index (κ3) is 131. The molecule has 0 saturated heterocycles. The van der Waals surface area contributed by atoms with Crippen molar-refractivity contribution >= 4 is 36.2 Å². The van der Waals surface area contributed by atoms with E-state index in [0.717, 1.165) is 13.8 Å². The molecule has 0 aromatic rings. The van der Waals surface area contributed by atoms with Crippen LogP contribution in [-0.4, -0.2) is 46.4 Å². The summed E-state index contributed by atoms with van der Waals surface area (Å²) in [6.07, 6.45) is 2.90. The zero-order valence-electron chi connectivity index (χ0n) is 10.0. The van der Waals surface area contributed by atoms with E-state index in [4.69, 9.17) is 19.8 Å². The second kappa shape index (κ2) is 19.4. The van der Waals surface area contributed by atoms with Crippen LogP contribution in [0.3, 0.4) is 0 Å². The Morgan fingerprint density at radius 1 is 0.933 bits per heavy atom. The molecule has 90 valence electrons. The number of carbonyl (C=O) groups is 2. The van der Waals surface area contributed by atoms with E-state index < -0.39 is 11.9 Å². The van der Waals surface area contributed by atoms with Crippen molar-refractivity contribution in [3.05, 3.63) is 0 Å². The molecule has 0 aromatic heterocycles.